The summed E-state index contributed by atoms with van der Waals surface area (Å²) in [6.45, 7) is 0. The Labute approximate surface area is 103 Å². The Bertz CT molecular complexity index is 494. The average Bonchev–Trinajstić information content (AvgIpc) is 2.24. The van der Waals surface area contributed by atoms with Gasteiger partial charge in [-0.3, -0.25) is 0 Å². The van der Waals surface area contributed by atoms with Crippen LogP contribution in [0.3, 0.4) is 0 Å². The summed E-state index contributed by atoms with van der Waals surface area (Å²) in [5.74, 6) is -2.37. The van der Waals surface area contributed by atoms with E-state index in [0.717, 1.165) is 18.2 Å². The summed E-state index contributed by atoms with van der Waals surface area (Å²) in [5, 5.41) is 8.39. The van der Waals surface area contributed by atoms with E-state index in [1.807, 2.05) is 0 Å². The molecule has 0 unspecified atom stereocenters. The maximum absolute atomic E-state index is 12.6. The van der Waals surface area contributed by atoms with Gasteiger partial charge >= 0.3 is 12.3 Å². The van der Waals surface area contributed by atoms with Crippen LogP contribution in [0.1, 0.15) is 17.6 Å². The van der Waals surface area contributed by atoms with Crippen LogP contribution in [0.4, 0.5) is 22.0 Å². The summed E-state index contributed by atoms with van der Waals surface area (Å²) in [7, 11) is 0. The molecule has 0 fully saturated rings. The number of rotatable bonds is 4. The van der Waals surface area contributed by atoms with Gasteiger partial charge in [0, 0.05) is 17.2 Å². The van der Waals surface area contributed by atoms with Crippen molar-refractivity contribution >= 4 is 12.0 Å². The maximum atomic E-state index is 12.6. The summed E-state index contributed by atoms with van der Waals surface area (Å²) in [6, 6.07) is 2.66. The predicted molar refractivity (Wildman–Crippen MR) is 54.8 cm³/mol. The molecule has 0 bridgehead atoms. The lowest BCUT2D eigenvalue weighted by Crippen LogP contribution is -2.18. The zero-order valence-electron chi connectivity index (χ0n) is 9.12. The van der Waals surface area contributed by atoms with Crippen LogP contribution in [-0.4, -0.2) is 17.4 Å². The number of halogens is 5. The molecule has 0 aliphatic rings. The number of aliphatic carboxylic acids is 1. The Hall–Kier alpha value is -2.12. The number of ether oxygens (including phenoxy) is 1. The fourth-order valence-electron chi connectivity index (χ4n) is 1.30. The van der Waals surface area contributed by atoms with Gasteiger partial charge in [-0.2, -0.15) is 0 Å². The molecule has 0 spiro atoms. The molecule has 0 atom stereocenters. The normalized spacial score (nSPS) is 12.1. The molecule has 0 aliphatic heterocycles. The molecule has 104 valence electrons. The number of carbonyl (C=O) groups is 1. The van der Waals surface area contributed by atoms with E-state index in [1.54, 1.807) is 0 Å². The van der Waals surface area contributed by atoms with Crippen molar-refractivity contribution in [2.45, 2.75) is 12.8 Å². The smallest absolute Gasteiger partial charge is 0.478 e. The first-order valence-corrected chi connectivity index (χ1v) is 4.78. The number of hydrogen-bond donors (Lipinski definition) is 1. The maximum Gasteiger partial charge on any atom is 0.573 e. The summed E-state index contributed by atoms with van der Waals surface area (Å²) < 4.78 is 65.2. The largest absolute Gasteiger partial charge is 0.573 e. The van der Waals surface area contributed by atoms with Gasteiger partial charge < -0.3 is 9.84 Å². The van der Waals surface area contributed by atoms with Gasteiger partial charge in [-0.05, 0) is 12.1 Å². The lowest BCUT2D eigenvalue weighted by Gasteiger charge is -2.14. The van der Waals surface area contributed by atoms with Crippen LogP contribution >= 0.6 is 0 Å². The number of carboxylic acids is 1. The molecule has 1 rings (SSSR count). The van der Waals surface area contributed by atoms with Crippen LogP contribution in [-0.2, 0) is 4.79 Å². The highest BCUT2D eigenvalue weighted by molar-refractivity contribution is 5.86. The third-order valence-corrected chi connectivity index (χ3v) is 1.95. The zero-order chi connectivity index (χ0) is 14.6. The second kappa shape index (κ2) is 5.68. The summed E-state index contributed by atoms with van der Waals surface area (Å²) >= 11 is 0. The summed E-state index contributed by atoms with van der Waals surface area (Å²) in [5.41, 5.74) is -1.38. The Morgan fingerprint density at radius 1 is 1.32 bits per heavy atom. The monoisotopic (exact) mass is 282 g/mol. The molecular weight excluding hydrogens is 275 g/mol. The predicted octanol–water partition coefficient (Wildman–Crippen LogP) is 3.62. The molecule has 0 saturated heterocycles. The van der Waals surface area contributed by atoms with E-state index in [2.05, 4.69) is 4.74 Å². The van der Waals surface area contributed by atoms with E-state index in [4.69, 9.17) is 5.11 Å². The van der Waals surface area contributed by atoms with E-state index in [1.165, 1.54) is 0 Å². The zero-order valence-corrected chi connectivity index (χ0v) is 9.12. The van der Waals surface area contributed by atoms with Gasteiger partial charge in [-0.15, -0.1) is 13.2 Å². The van der Waals surface area contributed by atoms with Crippen LogP contribution in [0.15, 0.2) is 24.3 Å². The van der Waals surface area contributed by atoms with E-state index in [0.29, 0.717) is 12.2 Å². The van der Waals surface area contributed by atoms with Gasteiger partial charge in [-0.1, -0.05) is 12.1 Å². The lowest BCUT2D eigenvalue weighted by atomic mass is 10.1. The van der Waals surface area contributed by atoms with Crippen molar-refractivity contribution in [1.82, 2.24) is 0 Å². The molecule has 1 aromatic rings. The fraction of sp³-hybridized carbons (Fsp3) is 0.182. The van der Waals surface area contributed by atoms with Crippen molar-refractivity contribution in [3.05, 3.63) is 35.4 Å². The Kier molecular flexibility index (Phi) is 4.47. The Balaban J connectivity index is 3.29. The van der Waals surface area contributed by atoms with Gasteiger partial charge in [0.15, 0.2) is 0 Å². The summed E-state index contributed by atoms with van der Waals surface area (Å²) in [6.07, 6.45) is -7.05. The highest BCUT2D eigenvalue weighted by Gasteiger charge is 2.32. The molecule has 0 amide bonds. The number of alkyl halides is 5. The minimum Gasteiger partial charge on any atom is -0.478 e. The standard InChI is InChI=1S/C11H7F5O3/c12-10(13)7-2-1-3-8(19-11(14,15)16)6(7)4-5-9(17)18/h1-5,10H,(H,17,18)/b5-4+. The second-order valence-electron chi connectivity index (χ2n) is 3.28. The number of hydrogen-bond acceptors (Lipinski definition) is 2. The molecule has 8 heteroatoms. The summed E-state index contributed by atoms with van der Waals surface area (Å²) in [4.78, 5) is 10.3. The lowest BCUT2D eigenvalue weighted by molar-refractivity contribution is -0.274. The molecule has 3 nitrogen and oxygen atoms in total. The third-order valence-electron chi connectivity index (χ3n) is 1.95. The van der Waals surface area contributed by atoms with Crippen LogP contribution in [0, 0.1) is 0 Å². The number of benzene rings is 1. The first-order chi connectivity index (χ1) is 8.70. The van der Waals surface area contributed by atoms with Crippen molar-refractivity contribution in [3.8, 4) is 5.75 Å². The van der Waals surface area contributed by atoms with Gasteiger partial charge in [0.2, 0.25) is 0 Å². The van der Waals surface area contributed by atoms with Crippen LogP contribution in [0.2, 0.25) is 0 Å². The highest BCUT2D eigenvalue weighted by Crippen LogP contribution is 2.34. The second-order valence-corrected chi connectivity index (χ2v) is 3.28. The van der Waals surface area contributed by atoms with E-state index in [9.17, 15) is 26.7 Å². The van der Waals surface area contributed by atoms with Crippen molar-refractivity contribution in [2.24, 2.45) is 0 Å². The fourth-order valence-corrected chi connectivity index (χ4v) is 1.30. The van der Waals surface area contributed by atoms with Crippen LogP contribution in [0.25, 0.3) is 6.08 Å². The van der Waals surface area contributed by atoms with Gasteiger partial charge in [0.25, 0.3) is 6.43 Å². The van der Waals surface area contributed by atoms with E-state index >= 15 is 0 Å². The van der Waals surface area contributed by atoms with Crippen LogP contribution in [0.5, 0.6) is 5.75 Å². The molecule has 1 N–H and O–H groups in total. The van der Waals surface area contributed by atoms with E-state index < -0.39 is 35.6 Å². The first kappa shape index (κ1) is 14.9. The highest BCUT2D eigenvalue weighted by atomic mass is 19.4. The molecule has 0 aliphatic carbocycles. The van der Waals surface area contributed by atoms with Crippen molar-refractivity contribution in [1.29, 1.82) is 0 Å². The number of carboxylic acid groups (broad SMARTS) is 1. The topological polar surface area (TPSA) is 46.5 Å². The molecule has 19 heavy (non-hydrogen) atoms. The van der Waals surface area contributed by atoms with Crippen molar-refractivity contribution < 1.29 is 36.6 Å². The van der Waals surface area contributed by atoms with Gasteiger partial charge in [0.05, 0.1) is 0 Å². The average molecular weight is 282 g/mol. The first-order valence-electron chi connectivity index (χ1n) is 4.78. The SMILES string of the molecule is O=C(O)/C=C/c1c(OC(F)(F)F)cccc1C(F)F. The van der Waals surface area contributed by atoms with Crippen molar-refractivity contribution in [3.63, 3.8) is 0 Å². The van der Waals surface area contributed by atoms with Crippen LogP contribution < -0.4 is 4.74 Å². The minimum atomic E-state index is -5.06. The molecule has 0 radical (unpaired) electrons. The minimum absolute atomic E-state index is 0.449. The molecule has 1 aromatic carbocycles. The van der Waals surface area contributed by atoms with E-state index in [-0.39, 0.29) is 0 Å². The molecule has 0 aromatic heterocycles. The third kappa shape index (κ3) is 4.57. The Morgan fingerprint density at radius 2 is 1.95 bits per heavy atom. The molecule has 0 saturated carbocycles. The van der Waals surface area contributed by atoms with Gasteiger partial charge in [-0.25, -0.2) is 13.6 Å². The quantitative estimate of drug-likeness (QED) is 0.677. The van der Waals surface area contributed by atoms with Gasteiger partial charge in [0.1, 0.15) is 5.75 Å². The molecule has 0 heterocycles. The van der Waals surface area contributed by atoms with Crippen molar-refractivity contribution in [2.75, 3.05) is 0 Å². The molecular formula is C11H7F5O3. The Morgan fingerprint density at radius 3 is 2.42 bits per heavy atom.